The van der Waals surface area contributed by atoms with E-state index in [0.717, 1.165) is 12.8 Å². The zero-order valence-electron chi connectivity index (χ0n) is 13.8. The first kappa shape index (κ1) is 16.3. The number of amides is 1. The zero-order chi connectivity index (χ0) is 17.5. The molecule has 1 aromatic heterocycles. The third kappa shape index (κ3) is 2.70. The van der Waals surface area contributed by atoms with E-state index in [4.69, 9.17) is 0 Å². The number of aromatic nitrogens is 2. The Balaban J connectivity index is 1.89. The lowest BCUT2D eigenvalue weighted by atomic mass is 9.77. The smallest absolute Gasteiger partial charge is 0.329 e. The van der Waals surface area contributed by atoms with Crippen LogP contribution in [0.25, 0.3) is 11.0 Å². The first-order chi connectivity index (χ1) is 11.3. The van der Waals surface area contributed by atoms with Gasteiger partial charge in [0.05, 0.1) is 11.0 Å². The van der Waals surface area contributed by atoms with Gasteiger partial charge in [-0.3, -0.25) is 9.36 Å². The van der Waals surface area contributed by atoms with Crippen LogP contribution in [0.15, 0.2) is 23.0 Å². The molecule has 0 radical (unpaired) electrons. The Morgan fingerprint density at radius 2 is 2.00 bits per heavy atom. The van der Waals surface area contributed by atoms with Gasteiger partial charge in [-0.25, -0.2) is 9.59 Å². The number of carboxylic acid groups (broad SMARTS) is 1. The fraction of sp³-hybridized carbons (Fsp3) is 0.471. The van der Waals surface area contributed by atoms with Gasteiger partial charge in [0.1, 0.15) is 5.54 Å². The van der Waals surface area contributed by atoms with Crippen LogP contribution in [0, 0.1) is 5.92 Å². The molecular weight excluding hydrogens is 310 g/mol. The molecule has 0 saturated heterocycles. The van der Waals surface area contributed by atoms with Crippen molar-refractivity contribution in [2.45, 2.75) is 38.1 Å². The highest BCUT2D eigenvalue weighted by Crippen LogP contribution is 2.32. The average Bonchev–Trinajstić information content (AvgIpc) is 2.84. The van der Waals surface area contributed by atoms with E-state index >= 15 is 0 Å². The van der Waals surface area contributed by atoms with Gasteiger partial charge in [-0.05, 0) is 49.8 Å². The van der Waals surface area contributed by atoms with Crippen LogP contribution in [0.3, 0.4) is 0 Å². The van der Waals surface area contributed by atoms with E-state index in [0.29, 0.717) is 35.4 Å². The normalized spacial score (nSPS) is 24.0. The number of benzene rings is 1. The molecule has 7 heteroatoms. The van der Waals surface area contributed by atoms with Crippen LogP contribution in [0.4, 0.5) is 0 Å². The van der Waals surface area contributed by atoms with Gasteiger partial charge in [-0.2, -0.15) is 0 Å². The van der Waals surface area contributed by atoms with Crippen molar-refractivity contribution in [1.29, 1.82) is 0 Å². The van der Waals surface area contributed by atoms with Crippen LogP contribution in [0.2, 0.25) is 0 Å². The lowest BCUT2D eigenvalue weighted by Crippen LogP contribution is -2.56. The maximum Gasteiger partial charge on any atom is 0.329 e. The van der Waals surface area contributed by atoms with Gasteiger partial charge < -0.3 is 15.4 Å². The van der Waals surface area contributed by atoms with Gasteiger partial charge in [-0.15, -0.1) is 0 Å². The minimum Gasteiger partial charge on any atom is -0.480 e. The SMILES string of the molecule is CC1CCC(NC(=O)c2ccc3[nH]c(=O)n(C)c3c2)(C(=O)O)CC1. The van der Waals surface area contributed by atoms with E-state index in [2.05, 4.69) is 17.2 Å². The van der Waals surface area contributed by atoms with Crippen molar-refractivity contribution in [2.24, 2.45) is 13.0 Å². The number of carboxylic acids is 1. The summed E-state index contributed by atoms with van der Waals surface area (Å²) in [5.74, 6) is -0.944. The second-order valence-corrected chi connectivity index (χ2v) is 6.75. The van der Waals surface area contributed by atoms with Crippen molar-refractivity contribution in [1.82, 2.24) is 14.9 Å². The number of nitrogens with one attached hydrogen (secondary N) is 2. The number of aryl methyl sites for hydroxylation is 1. The number of nitrogens with zero attached hydrogens (tertiary/aromatic N) is 1. The molecule has 1 aliphatic rings. The van der Waals surface area contributed by atoms with Gasteiger partial charge in [0.2, 0.25) is 0 Å². The lowest BCUT2D eigenvalue weighted by Gasteiger charge is -2.36. The number of aromatic amines is 1. The molecule has 0 atom stereocenters. The largest absolute Gasteiger partial charge is 0.480 e. The molecule has 128 valence electrons. The van der Waals surface area contributed by atoms with Crippen LogP contribution in [0.5, 0.6) is 0 Å². The number of hydrogen-bond donors (Lipinski definition) is 3. The Bertz CT molecular complexity index is 856. The van der Waals surface area contributed by atoms with Crippen molar-refractivity contribution in [3.05, 3.63) is 34.2 Å². The van der Waals surface area contributed by atoms with Gasteiger partial charge in [0.25, 0.3) is 5.91 Å². The van der Waals surface area contributed by atoms with Gasteiger partial charge >= 0.3 is 11.7 Å². The predicted molar refractivity (Wildman–Crippen MR) is 89.0 cm³/mol. The minimum absolute atomic E-state index is 0.258. The Morgan fingerprint density at radius 1 is 1.33 bits per heavy atom. The maximum absolute atomic E-state index is 12.6. The summed E-state index contributed by atoms with van der Waals surface area (Å²) in [5.41, 5.74) is 0.123. The molecule has 3 rings (SSSR count). The molecule has 1 aromatic carbocycles. The Labute approximate surface area is 138 Å². The summed E-state index contributed by atoms with van der Waals surface area (Å²) in [6, 6.07) is 4.85. The number of carbonyl (C=O) groups is 2. The maximum atomic E-state index is 12.6. The number of H-pyrrole nitrogens is 1. The third-order valence-electron chi connectivity index (χ3n) is 5.06. The molecule has 1 saturated carbocycles. The summed E-state index contributed by atoms with van der Waals surface area (Å²) in [6.45, 7) is 2.09. The van der Waals surface area contributed by atoms with Crippen molar-refractivity contribution >= 4 is 22.9 Å². The molecule has 1 aliphatic carbocycles. The summed E-state index contributed by atoms with van der Waals surface area (Å²) in [7, 11) is 1.62. The zero-order valence-corrected chi connectivity index (χ0v) is 13.8. The van der Waals surface area contributed by atoms with E-state index in [9.17, 15) is 19.5 Å². The predicted octanol–water partition coefficient (Wildman–Crippen LogP) is 1.63. The van der Waals surface area contributed by atoms with Gasteiger partial charge in [0.15, 0.2) is 0 Å². The molecule has 1 amide bonds. The highest BCUT2D eigenvalue weighted by atomic mass is 16.4. The van der Waals surface area contributed by atoms with Gasteiger partial charge in [-0.1, -0.05) is 6.92 Å². The summed E-state index contributed by atoms with van der Waals surface area (Å²) < 4.78 is 1.42. The third-order valence-corrected chi connectivity index (χ3v) is 5.06. The molecule has 0 unspecified atom stereocenters. The number of fused-ring (bicyclic) bond motifs is 1. The number of hydrogen-bond acceptors (Lipinski definition) is 3. The monoisotopic (exact) mass is 331 g/mol. The number of rotatable bonds is 3. The summed E-state index contributed by atoms with van der Waals surface area (Å²) >= 11 is 0. The van der Waals surface area contributed by atoms with E-state index in [-0.39, 0.29) is 5.69 Å². The number of imidazole rings is 1. The van der Waals surface area contributed by atoms with Crippen molar-refractivity contribution < 1.29 is 14.7 Å². The van der Waals surface area contributed by atoms with E-state index in [1.54, 1.807) is 25.2 Å². The number of aliphatic carboxylic acids is 1. The van der Waals surface area contributed by atoms with Crippen molar-refractivity contribution in [2.75, 3.05) is 0 Å². The molecular formula is C17H21N3O4. The molecule has 7 nitrogen and oxygen atoms in total. The standard InChI is InChI=1S/C17H21N3O4/c1-10-5-7-17(8-6-10,15(22)23)19-14(21)11-3-4-12-13(9-11)20(2)16(24)18-12/h3-4,9-10H,5-8H2,1-2H3,(H,18,24)(H,19,21)(H,22,23). The number of carbonyl (C=O) groups excluding carboxylic acids is 1. The molecule has 0 aliphatic heterocycles. The quantitative estimate of drug-likeness (QED) is 0.795. The van der Waals surface area contributed by atoms with Crippen LogP contribution >= 0.6 is 0 Å². The van der Waals surface area contributed by atoms with Crippen LogP contribution in [0.1, 0.15) is 43.0 Å². The van der Waals surface area contributed by atoms with Crippen molar-refractivity contribution in [3.8, 4) is 0 Å². The molecule has 2 aromatic rings. The second-order valence-electron chi connectivity index (χ2n) is 6.75. The molecule has 1 heterocycles. The molecule has 3 N–H and O–H groups in total. The molecule has 1 fully saturated rings. The average molecular weight is 331 g/mol. The van der Waals surface area contributed by atoms with Gasteiger partial charge in [0, 0.05) is 12.6 Å². The fourth-order valence-corrected chi connectivity index (χ4v) is 3.30. The Morgan fingerprint density at radius 3 is 2.62 bits per heavy atom. The van der Waals surface area contributed by atoms with Crippen LogP contribution in [-0.4, -0.2) is 32.1 Å². The minimum atomic E-state index is -1.21. The first-order valence-corrected chi connectivity index (χ1v) is 8.07. The van der Waals surface area contributed by atoms with E-state index < -0.39 is 17.4 Å². The Hall–Kier alpha value is -2.57. The topological polar surface area (TPSA) is 104 Å². The molecule has 0 bridgehead atoms. The van der Waals surface area contributed by atoms with Crippen molar-refractivity contribution in [3.63, 3.8) is 0 Å². The summed E-state index contributed by atoms with van der Waals surface area (Å²) in [5, 5.41) is 12.3. The summed E-state index contributed by atoms with van der Waals surface area (Å²) in [4.78, 5) is 38.7. The molecule has 0 spiro atoms. The fourth-order valence-electron chi connectivity index (χ4n) is 3.30. The molecule has 24 heavy (non-hydrogen) atoms. The summed E-state index contributed by atoms with van der Waals surface area (Å²) in [6.07, 6.45) is 2.41. The van der Waals surface area contributed by atoms with Crippen LogP contribution < -0.4 is 11.0 Å². The Kier molecular flexibility index (Phi) is 3.95. The highest BCUT2D eigenvalue weighted by molar-refractivity contribution is 6.00. The van der Waals surface area contributed by atoms with E-state index in [1.165, 1.54) is 4.57 Å². The second kappa shape index (κ2) is 5.81. The van der Waals surface area contributed by atoms with Crippen LogP contribution in [-0.2, 0) is 11.8 Å². The highest BCUT2D eigenvalue weighted by Gasteiger charge is 2.42. The first-order valence-electron chi connectivity index (χ1n) is 8.07. The van der Waals surface area contributed by atoms with E-state index in [1.807, 2.05) is 0 Å². The lowest BCUT2D eigenvalue weighted by molar-refractivity contribution is -0.146.